The van der Waals surface area contributed by atoms with Gasteiger partial charge in [0.2, 0.25) is 0 Å². The third-order valence-electron chi connectivity index (χ3n) is 3.61. The summed E-state index contributed by atoms with van der Waals surface area (Å²) in [6.07, 6.45) is 3.65. The molecule has 0 unspecified atom stereocenters. The van der Waals surface area contributed by atoms with Crippen LogP contribution < -0.4 is 0 Å². The van der Waals surface area contributed by atoms with Crippen LogP contribution in [-0.4, -0.2) is 24.5 Å². The monoisotopic (exact) mass is 255 g/mol. The van der Waals surface area contributed by atoms with E-state index in [-0.39, 0.29) is 0 Å². The summed E-state index contributed by atoms with van der Waals surface area (Å²) in [4.78, 5) is 2.58. The first kappa shape index (κ1) is 14.1. The van der Waals surface area contributed by atoms with Crippen molar-refractivity contribution in [1.82, 2.24) is 4.90 Å². The Morgan fingerprint density at radius 3 is 2.16 bits per heavy atom. The van der Waals surface area contributed by atoms with E-state index in [0.717, 1.165) is 6.42 Å². The van der Waals surface area contributed by atoms with E-state index in [2.05, 4.69) is 61.2 Å². The Morgan fingerprint density at radius 2 is 1.47 bits per heavy atom. The van der Waals surface area contributed by atoms with Crippen molar-refractivity contribution in [2.45, 2.75) is 33.1 Å². The van der Waals surface area contributed by atoms with Crippen molar-refractivity contribution in [2.75, 3.05) is 19.6 Å². The van der Waals surface area contributed by atoms with Gasteiger partial charge in [0.1, 0.15) is 0 Å². The van der Waals surface area contributed by atoms with Crippen LogP contribution in [0.3, 0.4) is 0 Å². The maximum absolute atomic E-state index is 2.58. The molecule has 0 aliphatic heterocycles. The molecule has 0 aliphatic rings. The third kappa shape index (κ3) is 4.07. The molecule has 0 aromatic heterocycles. The number of hydrogen-bond donors (Lipinski definition) is 0. The zero-order valence-corrected chi connectivity index (χ0v) is 12.2. The van der Waals surface area contributed by atoms with Crippen LogP contribution in [0.25, 0.3) is 10.8 Å². The van der Waals surface area contributed by atoms with E-state index in [1.54, 1.807) is 0 Å². The molecule has 19 heavy (non-hydrogen) atoms. The minimum Gasteiger partial charge on any atom is -0.303 e. The fraction of sp³-hybridized carbons (Fsp3) is 0.444. The molecule has 1 nitrogen and oxygen atoms in total. The predicted molar refractivity (Wildman–Crippen MR) is 84.7 cm³/mol. The molecule has 0 atom stereocenters. The van der Waals surface area contributed by atoms with Gasteiger partial charge in [-0.3, -0.25) is 0 Å². The van der Waals surface area contributed by atoms with E-state index in [1.807, 2.05) is 0 Å². The summed E-state index contributed by atoms with van der Waals surface area (Å²) < 4.78 is 0. The molecule has 0 aliphatic carbocycles. The summed E-state index contributed by atoms with van der Waals surface area (Å²) in [6, 6.07) is 15.5. The lowest BCUT2D eigenvalue weighted by Gasteiger charge is -2.20. The molecule has 0 amide bonds. The standard InChI is InChI=1S/C18H25N/c1-3-12-19(13-4-2)14-11-16-9-10-17-7-5-6-8-18(17)15-16/h5-10,15H,3-4,11-14H2,1-2H3. The molecule has 0 heterocycles. The summed E-state index contributed by atoms with van der Waals surface area (Å²) in [7, 11) is 0. The van der Waals surface area contributed by atoms with E-state index >= 15 is 0 Å². The first-order chi connectivity index (χ1) is 9.33. The first-order valence-corrected chi connectivity index (χ1v) is 7.53. The summed E-state index contributed by atoms with van der Waals surface area (Å²) in [5.41, 5.74) is 1.45. The van der Waals surface area contributed by atoms with Crippen molar-refractivity contribution in [1.29, 1.82) is 0 Å². The zero-order chi connectivity index (χ0) is 13.5. The molecule has 2 rings (SSSR count). The quantitative estimate of drug-likeness (QED) is 0.704. The number of fused-ring (bicyclic) bond motifs is 1. The van der Waals surface area contributed by atoms with E-state index in [9.17, 15) is 0 Å². The molecule has 0 saturated carbocycles. The molecule has 2 aromatic carbocycles. The largest absolute Gasteiger partial charge is 0.303 e. The highest BCUT2D eigenvalue weighted by molar-refractivity contribution is 5.82. The number of nitrogens with zero attached hydrogens (tertiary/aromatic N) is 1. The Bertz CT molecular complexity index is 498. The SMILES string of the molecule is CCCN(CCC)CCc1ccc2ccccc2c1. The minimum atomic E-state index is 1.16. The number of benzene rings is 2. The molecule has 102 valence electrons. The van der Waals surface area contributed by atoms with Gasteiger partial charge in [-0.2, -0.15) is 0 Å². The van der Waals surface area contributed by atoms with Crippen molar-refractivity contribution in [3.63, 3.8) is 0 Å². The van der Waals surface area contributed by atoms with Crippen molar-refractivity contribution in [3.8, 4) is 0 Å². The van der Waals surface area contributed by atoms with Crippen LogP contribution in [0, 0.1) is 0 Å². The summed E-state index contributed by atoms with van der Waals surface area (Å²) in [5.74, 6) is 0. The van der Waals surface area contributed by atoms with Crippen LogP contribution >= 0.6 is 0 Å². The summed E-state index contributed by atoms with van der Waals surface area (Å²) >= 11 is 0. The van der Waals surface area contributed by atoms with Gasteiger partial charge in [-0.05, 0) is 48.7 Å². The Kier molecular flexibility index (Phi) is 5.41. The van der Waals surface area contributed by atoms with Crippen LogP contribution in [-0.2, 0) is 6.42 Å². The molecule has 0 spiro atoms. The number of rotatable bonds is 7. The van der Waals surface area contributed by atoms with E-state index < -0.39 is 0 Å². The van der Waals surface area contributed by atoms with Gasteiger partial charge in [0.25, 0.3) is 0 Å². The van der Waals surface area contributed by atoms with Gasteiger partial charge in [-0.25, -0.2) is 0 Å². The van der Waals surface area contributed by atoms with Crippen molar-refractivity contribution in [2.24, 2.45) is 0 Å². The zero-order valence-electron chi connectivity index (χ0n) is 12.2. The lowest BCUT2D eigenvalue weighted by Crippen LogP contribution is -2.27. The highest BCUT2D eigenvalue weighted by Gasteiger charge is 2.03. The molecule has 0 saturated heterocycles. The third-order valence-corrected chi connectivity index (χ3v) is 3.61. The second-order valence-electron chi connectivity index (χ2n) is 5.27. The van der Waals surface area contributed by atoms with Crippen molar-refractivity contribution in [3.05, 3.63) is 48.0 Å². The molecule has 0 N–H and O–H groups in total. The van der Waals surface area contributed by atoms with Gasteiger partial charge in [-0.1, -0.05) is 56.3 Å². The minimum absolute atomic E-state index is 1.16. The van der Waals surface area contributed by atoms with Crippen LogP contribution in [0.2, 0.25) is 0 Å². The van der Waals surface area contributed by atoms with Gasteiger partial charge >= 0.3 is 0 Å². The van der Waals surface area contributed by atoms with Crippen molar-refractivity contribution < 1.29 is 0 Å². The fourth-order valence-electron chi connectivity index (χ4n) is 2.65. The Hall–Kier alpha value is -1.34. The first-order valence-electron chi connectivity index (χ1n) is 7.53. The van der Waals surface area contributed by atoms with Gasteiger partial charge in [-0.15, -0.1) is 0 Å². The lowest BCUT2D eigenvalue weighted by atomic mass is 10.0. The smallest absolute Gasteiger partial charge is 0.00218 e. The molecule has 0 bridgehead atoms. The van der Waals surface area contributed by atoms with Gasteiger partial charge < -0.3 is 4.90 Å². The van der Waals surface area contributed by atoms with Crippen LogP contribution in [0.1, 0.15) is 32.3 Å². The van der Waals surface area contributed by atoms with Crippen LogP contribution in [0.15, 0.2) is 42.5 Å². The van der Waals surface area contributed by atoms with Gasteiger partial charge in [0.15, 0.2) is 0 Å². The van der Waals surface area contributed by atoms with Gasteiger partial charge in [0, 0.05) is 6.54 Å². The average Bonchev–Trinajstić information content (AvgIpc) is 2.45. The second-order valence-corrected chi connectivity index (χ2v) is 5.27. The highest BCUT2D eigenvalue weighted by Crippen LogP contribution is 2.16. The van der Waals surface area contributed by atoms with E-state index in [4.69, 9.17) is 0 Å². The molecule has 2 aromatic rings. The van der Waals surface area contributed by atoms with Crippen LogP contribution in [0.4, 0.5) is 0 Å². The van der Waals surface area contributed by atoms with E-state index in [1.165, 1.54) is 48.8 Å². The topological polar surface area (TPSA) is 3.24 Å². The lowest BCUT2D eigenvalue weighted by molar-refractivity contribution is 0.278. The van der Waals surface area contributed by atoms with E-state index in [0.29, 0.717) is 0 Å². The molecular weight excluding hydrogens is 230 g/mol. The summed E-state index contributed by atoms with van der Waals surface area (Å²) in [6.45, 7) is 8.15. The van der Waals surface area contributed by atoms with Crippen molar-refractivity contribution >= 4 is 10.8 Å². The van der Waals surface area contributed by atoms with Gasteiger partial charge in [0.05, 0.1) is 0 Å². The van der Waals surface area contributed by atoms with Crippen LogP contribution in [0.5, 0.6) is 0 Å². The molecule has 0 radical (unpaired) electrons. The second kappa shape index (κ2) is 7.30. The number of hydrogen-bond acceptors (Lipinski definition) is 1. The fourth-order valence-corrected chi connectivity index (χ4v) is 2.65. The Labute approximate surface area is 117 Å². The maximum Gasteiger partial charge on any atom is 0.00218 e. The molecular formula is C18H25N. The Morgan fingerprint density at radius 1 is 0.789 bits per heavy atom. The maximum atomic E-state index is 2.58. The molecule has 0 fully saturated rings. The molecule has 1 heteroatoms. The highest BCUT2D eigenvalue weighted by atomic mass is 15.1. The Balaban J connectivity index is 2.00. The summed E-state index contributed by atoms with van der Waals surface area (Å²) in [5, 5.41) is 2.70. The average molecular weight is 255 g/mol. The normalized spacial score (nSPS) is 11.3. The predicted octanol–water partition coefficient (Wildman–Crippen LogP) is 4.50.